The summed E-state index contributed by atoms with van der Waals surface area (Å²) in [4.78, 5) is 0. The van der Waals surface area contributed by atoms with Crippen LogP contribution < -0.4 is 0 Å². The Morgan fingerprint density at radius 1 is 1.00 bits per heavy atom. The second-order valence-corrected chi connectivity index (χ2v) is 1.84. The van der Waals surface area contributed by atoms with Crippen molar-refractivity contribution < 1.29 is 17.6 Å². The van der Waals surface area contributed by atoms with E-state index in [0.717, 1.165) is 0 Å². The van der Waals surface area contributed by atoms with Gasteiger partial charge < -0.3 is 0 Å². The van der Waals surface area contributed by atoms with Crippen LogP contribution in [0.25, 0.3) is 0 Å². The maximum atomic E-state index is 11.5. The van der Waals surface area contributed by atoms with E-state index in [1.54, 1.807) is 0 Å². The Hall–Kier alpha value is -0.280. The maximum absolute atomic E-state index is 11.5. The summed E-state index contributed by atoms with van der Waals surface area (Å²) in [6, 6.07) is 0. The molecular weight excluding hydrogens is 124 g/mol. The van der Waals surface area contributed by atoms with Gasteiger partial charge in [-0.1, -0.05) is 0 Å². The Morgan fingerprint density at radius 2 is 1.25 bits per heavy atom. The Labute approximate surface area is 43.5 Å². The molecule has 1 aliphatic rings. The topological polar surface area (TPSA) is 0 Å². The minimum atomic E-state index is -3.22. The number of hydrogen-bond acceptors (Lipinski definition) is 0. The summed E-state index contributed by atoms with van der Waals surface area (Å²) in [7, 11) is 0. The van der Waals surface area contributed by atoms with Crippen LogP contribution >= 0.6 is 0 Å². The highest BCUT2D eigenvalue weighted by Crippen LogP contribution is 2.47. The molecule has 0 atom stereocenters. The maximum Gasteiger partial charge on any atom is 0.263 e. The van der Waals surface area contributed by atoms with Crippen LogP contribution in [-0.2, 0) is 0 Å². The van der Waals surface area contributed by atoms with Crippen molar-refractivity contribution in [3.63, 3.8) is 0 Å². The molecule has 0 N–H and O–H groups in total. The van der Waals surface area contributed by atoms with Crippen LogP contribution in [0, 0.1) is 6.42 Å². The standard InChI is InChI=1S/C4H3F4/c5-3(6)1-4(7,8)2-3/h1H,2H2. The molecule has 0 aromatic heterocycles. The molecular formula is C4H3F4. The SMILES string of the molecule is FC1(F)[CH]C(F)(F)C1. The van der Waals surface area contributed by atoms with Gasteiger partial charge >= 0.3 is 0 Å². The normalized spacial score (nSPS) is 31.5. The molecule has 0 saturated heterocycles. The lowest BCUT2D eigenvalue weighted by Crippen LogP contribution is -2.46. The molecule has 0 unspecified atom stereocenters. The van der Waals surface area contributed by atoms with Gasteiger partial charge in [-0.2, -0.15) is 0 Å². The van der Waals surface area contributed by atoms with Crippen molar-refractivity contribution in [1.29, 1.82) is 0 Å². The molecule has 0 heterocycles. The highest BCUT2D eigenvalue weighted by Gasteiger charge is 2.59. The molecule has 0 spiro atoms. The van der Waals surface area contributed by atoms with Gasteiger partial charge in [0.25, 0.3) is 11.8 Å². The predicted octanol–water partition coefficient (Wildman–Crippen LogP) is 1.86. The van der Waals surface area contributed by atoms with Gasteiger partial charge in [-0.15, -0.1) is 0 Å². The van der Waals surface area contributed by atoms with Crippen LogP contribution in [0.15, 0.2) is 0 Å². The largest absolute Gasteiger partial charge is 0.263 e. The van der Waals surface area contributed by atoms with Crippen molar-refractivity contribution in [2.45, 2.75) is 18.3 Å². The molecule has 1 radical (unpaired) electrons. The fourth-order valence-electron chi connectivity index (χ4n) is 0.594. The summed E-state index contributed by atoms with van der Waals surface area (Å²) in [5, 5.41) is 0. The molecule has 0 aliphatic heterocycles. The Balaban J connectivity index is 2.42. The van der Waals surface area contributed by atoms with E-state index >= 15 is 0 Å². The molecule has 0 aromatic carbocycles. The number of alkyl halides is 4. The molecule has 0 nitrogen and oxygen atoms in total. The van der Waals surface area contributed by atoms with Crippen molar-refractivity contribution in [3.8, 4) is 0 Å². The van der Waals surface area contributed by atoms with E-state index < -0.39 is 18.3 Å². The quantitative estimate of drug-likeness (QED) is 0.435. The van der Waals surface area contributed by atoms with E-state index in [-0.39, 0.29) is 6.42 Å². The Morgan fingerprint density at radius 3 is 1.25 bits per heavy atom. The highest BCUT2D eigenvalue weighted by atomic mass is 19.3. The molecule has 0 aromatic rings. The first kappa shape index (κ1) is 5.85. The monoisotopic (exact) mass is 127 g/mol. The van der Waals surface area contributed by atoms with E-state index in [1.165, 1.54) is 0 Å². The Kier molecular flexibility index (Phi) is 0.854. The zero-order chi connectivity index (χ0) is 6.41. The average Bonchev–Trinajstić information content (AvgIpc) is 1.20. The van der Waals surface area contributed by atoms with Gasteiger partial charge in [0.1, 0.15) is 6.42 Å². The lowest BCUT2D eigenvalue weighted by Gasteiger charge is -2.33. The summed E-state index contributed by atoms with van der Waals surface area (Å²) in [6.07, 6.45) is -1.56. The van der Waals surface area contributed by atoms with Gasteiger partial charge in [-0.05, 0) is 0 Å². The lowest BCUT2D eigenvalue weighted by molar-refractivity contribution is -0.167. The fraction of sp³-hybridized carbons (Fsp3) is 0.750. The van der Waals surface area contributed by atoms with Crippen LogP contribution in [0.1, 0.15) is 6.42 Å². The molecule has 0 bridgehead atoms. The third kappa shape index (κ3) is 0.928. The smallest absolute Gasteiger partial charge is 0.206 e. The lowest BCUT2D eigenvalue weighted by atomic mass is 9.90. The van der Waals surface area contributed by atoms with E-state index in [0.29, 0.717) is 0 Å². The number of rotatable bonds is 0. The second-order valence-electron chi connectivity index (χ2n) is 1.84. The van der Waals surface area contributed by atoms with Crippen LogP contribution in [0.5, 0.6) is 0 Å². The minimum absolute atomic E-state index is 0.236. The first-order chi connectivity index (χ1) is 3.41. The Bertz CT molecular complexity index is 84.6. The van der Waals surface area contributed by atoms with Crippen LogP contribution in [0.2, 0.25) is 0 Å². The highest BCUT2D eigenvalue weighted by molar-refractivity contribution is 5.09. The fourth-order valence-corrected chi connectivity index (χ4v) is 0.594. The molecule has 1 saturated carbocycles. The number of halogens is 4. The summed E-state index contributed by atoms with van der Waals surface area (Å²) in [6.45, 7) is 0. The molecule has 4 heteroatoms. The van der Waals surface area contributed by atoms with E-state index in [2.05, 4.69) is 0 Å². The molecule has 0 amide bonds. The van der Waals surface area contributed by atoms with Crippen molar-refractivity contribution in [1.82, 2.24) is 0 Å². The van der Waals surface area contributed by atoms with Gasteiger partial charge in [-0.3, -0.25) is 0 Å². The second kappa shape index (κ2) is 1.17. The van der Waals surface area contributed by atoms with Crippen LogP contribution in [-0.4, -0.2) is 11.8 Å². The molecule has 8 heavy (non-hydrogen) atoms. The van der Waals surface area contributed by atoms with Crippen molar-refractivity contribution in [3.05, 3.63) is 6.42 Å². The molecule has 1 rings (SSSR count). The molecule has 1 fully saturated rings. The molecule has 1 aliphatic carbocycles. The van der Waals surface area contributed by atoms with Gasteiger partial charge in [0.15, 0.2) is 0 Å². The number of hydrogen-bond donors (Lipinski definition) is 0. The van der Waals surface area contributed by atoms with Gasteiger partial charge in [0.2, 0.25) is 0 Å². The third-order valence-electron chi connectivity index (χ3n) is 0.894. The van der Waals surface area contributed by atoms with E-state index in [4.69, 9.17) is 0 Å². The summed E-state index contributed by atoms with van der Waals surface area (Å²) in [5.74, 6) is -6.44. The first-order valence-electron chi connectivity index (χ1n) is 2.04. The summed E-state index contributed by atoms with van der Waals surface area (Å²) >= 11 is 0. The van der Waals surface area contributed by atoms with Gasteiger partial charge in [-0.25, -0.2) is 17.6 Å². The van der Waals surface area contributed by atoms with Crippen molar-refractivity contribution >= 4 is 0 Å². The third-order valence-corrected chi connectivity index (χ3v) is 0.894. The van der Waals surface area contributed by atoms with E-state index in [1.807, 2.05) is 0 Å². The summed E-state index contributed by atoms with van der Waals surface area (Å²) in [5.41, 5.74) is 0. The van der Waals surface area contributed by atoms with Crippen molar-refractivity contribution in [2.24, 2.45) is 0 Å². The van der Waals surface area contributed by atoms with Gasteiger partial charge in [0, 0.05) is 0 Å². The van der Waals surface area contributed by atoms with Gasteiger partial charge in [0.05, 0.1) is 6.42 Å². The van der Waals surface area contributed by atoms with E-state index in [9.17, 15) is 17.6 Å². The first-order valence-corrected chi connectivity index (χ1v) is 2.04. The predicted molar refractivity (Wildman–Crippen MR) is 18.8 cm³/mol. The van der Waals surface area contributed by atoms with Crippen LogP contribution in [0.4, 0.5) is 17.6 Å². The molecule has 47 valence electrons. The van der Waals surface area contributed by atoms with Crippen LogP contribution in [0.3, 0.4) is 0 Å². The zero-order valence-electron chi connectivity index (χ0n) is 3.80. The summed E-state index contributed by atoms with van der Waals surface area (Å²) < 4.78 is 46.0. The average molecular weight is 127 g/mol. The minimum Gasteiger partial charge on any atom is -0.206 e. The zero-order valence-corrected chi connectivity index (χ0v) is 3.80. The van der Waals surface area contributed by atoms with Crippen molar-refractivity contribution in [2.75, 3.05) is 0 Å².